The van der Waals surface area contributed by atoms with Gasteiger partial charge in [-0.15, -0.1) is 0 Å². The zero-order chi connectivity index (χ0) is 19.4. The van der Waals surface area contributed by atoms with Gasteiger partial charge in [-0.25, -0.2) is 0 Å². The van der Waals surface area contributed by atoms with Gasteiger partial charge in [-0.2, -0.15) is 5.10 Å². The van der Waals surface area contributed by atoms with Crippen molar-refractivity contribution in [2.45, 2.75) is 77.3 Å². The van der Waals surface area contributed by atoms with Crippen LogP contribution in [0.25, 0.3) is 0 Å². The fourth-order valence-electron chi connectivity index (χ4n) is 3.67. The highest BCUT2D eigenvalue weighted by atomic mass is 16.2. The van der Waals surface area contributed by atoms with Crippen molar-refractivity contribution < 1.29 is 9.59 Å². The Labute approximate surface area is 156 Å². The topological polar surface area (TPSA) is 76.0 Å². The second kappa shape index (κ2) is 8.06. The van der Waals surface area contributed by atoms with Crippen LogP contribution in [0.5, 0.6) is 0 Å². The lowest BCUT2D eigenvalue weighted by atomic mass is 9.89. The maximum Gasteiger partial charge on any atom is 0.271 e. The molecule has 144 valence electrons. The minimum Gasteiger partial charge on any atom is -0.348 e. The summed E-state index contributed by atoms with van der Waals surface area (Å²) < 4.78 is 1.86. The summed E-state index contributed by atoms with van der Waals surface area (Å²) in [6, 6.07) is 1.81. The van der Waals surface area contributed by atoms with Crippen molar-refractivity contribution in [1.82, 2.24) is 20.4 Å². The fourth-order valence-corrected chi connectivity index (χ4v) is 3.67. The molecule has 2 rings (SSSR count). The lowest BCUT2D eigenvalue weighted by molar-refractivity contribution is -0.118. The molecule has 1 aliphatic rings. The van der Waals surface area contributed by atoms with Gasteiger partial charge in [0, 0.05) is 12.2 Å². The molecule has 0 radical (unpaired) electrons. The summed E-state index contributed by atoms with van der Waals surface area (Å²) in [6.45, 7) is 12.1. The molecule has 0 spiro atoms. The molecule has 6 nitrogen and oxygen atoms in total. The van der Waals surface area contributed by atoms with Gasteiger partial charge in [0.2, 0.25) is 5.91 Å². The number of aryl methyl sites for hydroxylation is 1. The number of nitrogens with one attached hydrogen (secondary N) is 2. The zero-order valence-electron chi connectivity index (χ0n) is 16.5. The molecule has 26 heavy (non-hydrogen) atoms. The molecule has 1 heterocycles. The second-order valence-corrected chi connectivity index (χ2v) is 8.32. The van der Waals surface area contributed by atoms with Crippen LogP contribution in [0.4, 0.5) is 0 Å². The van der Waals surface area contributed by atoms with E-state index in [1.165, 1.54) is 6.08 Å². The molecule has 2 N–H and O–H groups in total. The third-order valence-corrected chi connectivity index (χ3v) is 4.98. The minimum atomic E-state index is -0.404. The van der Waals surface area contributed by atoms with Gasteiger partial charge in [0.1, 0.15) is 5.69 Å². The average molecular weight is 361 g/mol. The highest BCUT2D eigenvalue weighted by Crippen LogP contribution is 2.27. The van der Waals surface area contributed by atoms with Gasteiger partial charge in [0.25, 0.3) is 5.91 Å². The molecule has 0 aromatic carbocycles. The Kier molecular flexibility index (Phi) is 6.26. The molecule has 1 aromatic rings. The summed E-state index contributed by atoms with van der Waals surface area (Å²) in [5.41, 5.74) is 0.783. The molecule has 0 unspecified atom stereocenters. The molecule has 0 aliphatic heterocycles. The quantitative estimate of drug-likeness (QED) is 0.626. The third-order valence-electron chi connectivity index (χ3n) is 4.98. The Balaban J connectivity index is 2.11. The molecule has 1 aliphatic carbocycles. The van der Waals surface area contributed by atoms with Crippen molar-refractivity contribution in [2.75, 3.05) is 6.54 Å². The number of carbonyl (C=O) groups is 2. The van der Waals surface area contributed by atoms with Gasteiger partial charge >= 0.3 is 0 Å². The average Bonchev–Trinajstić information content (AvgIpc) is 2.83. The number of aromatic nitrogens is 2. The normalized spacial score (nSPS) is 17.2. The second-order valence-electron chi connectivity index (χ2n) is 8.32. The van der Waals surface area contributed by atoms with E-state index in [-0.39, 0.29) is 17.4 Å². The Morgan fingerprint density at radius 1 is 1.27 bits per heavy atom. The summed E-state index contributed by atoms with van der Waals surface area (Å²) in [7, 11) is 0. The molecule has 0 bridgehead atoms. The van der Waals surface area contributed by atoms with Crippen LogP contribution in [0.1, 0.15) is 75.5 Å². The molecule has 0 atom stereocenters. The Morgan fingerprint density at radius 3 is 2.38 bits per heavy atom. The van der Waals surface area contributed by atoms with Gasteiger partial charge in [-0.1, -0.05) is 32.3 Å². The van der Waals surface area contributed by atoms with E-state index in [9.17, 15) is 9.59 Å². The van der Waals surface area contributed by atoms with Crippen molar-refractivity contribution in [3.8, 4) is 0 Å². The summed E-state index contributed by atoms with van der Waals surface area (Å²) in [5.74, 6) is -0.387. The maximum atomic E-state index is 12.6. The smallest absolute Gasteiger partial charge is 0.271 e. The number of rotatable bonds is 5. The van der Waals surface area contributed by atoms with E-state index in [1.807, 2.05) is 17.7 Å². The Hall–Kier alpha value is -2.11. The van der Waals surface area contributed by atoms with Gasteiger partial charge < -0.3 is 10.6 Å². The molecular weight excluding hydrogens is 328 g/mol. The van der Waals surface area contributed by atoms with E-state index < -0.39 is 5.54 Å². The van der Waals surface area contributed by atoms with E-state index in [0.29, 0.717) is 12.2 Å². The van der Waals surface area contributed by atoms with Crippen LogP contribution < -0.4 is 10.6 Å². The van der Waals surface area contributed by atoms with Crippen LogP contribution in [0.15, 0.2) is 18.7 Å². The minimum absolute atomic E-state index is 0.178. The van der Waals surface area contributed by atoms with E-state index in [0.717, 1.165) is 44.2 Å². The van der Waals surface area contributed by atoms with Gasteiger partial charge in [-0.05, 0) is 52.7 Å². The summed E-state index contributed by atoms with van der Waals surface area (Å²) in [6.07, 6.45) is 7.44. The monoisotopic (exact) mass is 360 g/mol. The summed E-state index contributed by atoms with van der Waals surface area (Å²) >= 11 is 0. The van der Waals surface area contributed by atoms with Crippen molar-refractivity contribution in [2.24, 2.45) is 0 Å². The van der Waals surface area contributed by atoms with Crippen molar-refractivity contribution in [1.29, 1.82) is 0 Å². The van der Waals surface area contributed by atoms with Gasteiger partial charge in [-0.3, -0.25) is 14.3 Å². The first kappa shape index (κ1) is 20.2. The van der Waals surface area contributed by atoms with E-state index in [2.05, 4.69) is 43.1 Å². The van der Waals surface area contributed by atoms with Crippen molar-refractivity contribution >= 4 is 11.8 Å². The Morgan fingerprint density at radius 2 is 1.88 bits per heavy atom. The first-order valence-electron chi connectivity index (χ1n) is 9.47. The predicted molar refractivity (Wildman–Crippen MR) is 103 cm³/mol. The first-order valence-corrected chi connectivity index (χ1v) is 9.47. The summed E-state index contributed by atoms with van der Waals surface area (Å²) in [4.78, 5) is 24.6. The van der Waals surface area contributed by atoms with Crippen LogP contribution in [0.2, 0.25) is 0 Å². The first-order chi connectivity index (χ1) is 12.2. The predicted octanol–water partition coefficient (Wildman–Crippen LogP) is 3.07. The number of hydrogen-bond donors (Lipinski definition) is 2. The number of nitrogens with zero attached hydrogens (tertiary/aromatic N) is 2. The third kappa shape index (κ3) is 4.96. The molecule has 6 heteroatoms. The summed E-state index contributed by atoms with van der Waals surface area (Å²) in [5, 5.41) is 10.5. The number of carbonyl (C=O) groups excluding carboxylic acids is 2. The van der Waals surface area contributed by atoms with Crippen LogP contribution in [-0.4, -0.2) is 33.7 Å². The molecule has 1 fully saturated rings. The van der Waals surface area contributed by atoms with E-state index in [4.69, 9.17) is 0 Å². The lowest BCUT2D eigenvalue weighted by Crippen LogP contribution is -2.55. The van der Waals surface area contributed by atoms with Gasteiger partial charge in [0.15, 0.2) is 0 Å². The molecule has 2 amide bonds. The molecule has 0 saturated heterocycles. The van der Waals surface area contributed by atoms with Crippen LogP contribution in [-0.2, 0) is 10.3 Å². The van der Waals surface area contributed by atoms with E-state index in [1.54, 1.807) is 0 Å². The zero-order valence-corrected chi connectivity index (χ0v) is 16.5. The van der Waals surface area contributed by atoms with E-state index >= 15 is 0 Å². The largest absolute Gasteiger partial charge is 0.348 e. The highest BCUT2D eigenvalue weighted by molar-refractivity contribution is 5.92. The van der Waals surface area contributed by atoms with Crippen LogP contribution >= 0.6 is 0 Å². The fraction of sp³-hybridized carbons (Fsp3) is 0.650. The molecule has 1 aromatic heterocycles. The maximum absolute atomic E-state index is 12.6. The molecule has 1 saturated carbocycles. The molecular formula is C20H32N4O2. The van der Waals surface area contributed by atoms with Crippen LogP contribution in [0.3, 0.4) is 0 Å². The van der Waals surface area contributed by atoms with Crippen LogP contribution in [0, 0.1) is 6.92 Å². The Bertz CT molecular complexity index is 662. The highest BCUT2D eigenvalue weighted by Gasteiger charge is 2.33. The number of hydrogen-bond acceptors (Lipinski definition) is 3. The lowest BCUT2D eigenvalue weighted by Gasteiger charge is -2.33. The standard InChI is InChI=1S/C20H32N4O2/c1-6-17(25)22-20(11-9-7-8-10-12-20)14-21-18(26)16-13-15(2)24(23-16)19(3,4)5/h6,13H,1,7-12,14H2,2-5H3,(H,21,26)(H,22,25). The van der Waals surface area contributed by atoms with Crippen molar-refractivity contribution in [3.63, 3.8) is 0 Å². The van der Waals surface area contributed by atoms with Gasteiger partial charge in [0.05, 0.1) is 11.1 Å². The van der Waals surface area contributed by atoms with Crippen molar-refractivity contribution in [3.05, 3.63) is 30.1 Å². The SMILES string of the molecule is C=CC(=O)NC1(CNC(=O)c2cc(C)n(C(C)(C)C)n2)CCCCCC1. The number of amides is 2.